The lowest BCUT2D eigenvalue weighted by Gasteiger charge is -2.24. The van der Waals surface area contributed by atoms with Gasteiger partial charge in [0.1, 0.15) is 5.60 Å². The molecule has 0 saturated carbocycles. The van der Waals surface area contributed by atoms with Crippen LogP contribution in [0, 0.1) is 0 Å². The zero-order valence-electron chi connectivity index (χ0n) is 13.8. The van der Waals surface area contributed by atoms with Crippen molar-refractivity contribution >= 4 is 17.5 Å². The number of amides is 1. The topological polar surface area (TPSA) is 57.4 Å². The summed E-state index contributed by atoms with van der Waals surface area (Å²) < 4.78 is 5.47. The molecule has 1 aromatic carbocycles. The average Bonchev–Trinajstić information content (AvgIpc) is 3.12. The van der Waals surface area contributed by atoms with Gasteiger partial charge < -0.3 is 15.0 Å². The fourth-order valence-corrected chi connectivity index (χ4v) is 2.69. The summed E-state index contributed by atoms with van der Waals surface area (Å²) in [6, 6.07) is 8.16. The summed E-state index contributed by atoms with van der Waals surface area (Å²) in [7, 11) is 0. The van der Waals surface area contributed by atoms with Gasteiger partial charge in [-0.15, -0.1) is 0 Å². The van der Waals surface area contributed by atoms with E-state index in [4.69, 9.17) is 4.74 Å². The minimum atomic E-state index is -0.474. The molecule has 0 spiro atoms. The van der Waals surface area contributed by atoms with E-state index in [-0.39, 0.29) is 6.09 Å². The molecule has 0 atom stereocenters. The van der Waals surface area contributed by atoms with Crippen LogP contribution in [0.1, 0.15) is 31.9 Å². The van der Waals surface area contributed by atoms with Crippen LogP contribution in [0.3, 0.4) is 0 Å². The Bertz CT molecular complexity index is 687. The van der Waals surface area contributed by atoms with E-state index in [1.165, 1.54) is 11.1 Å². The van der Waals surface area contributed by atoms with Crippen molar-refractivity contribution in [1.29, 1.82) is 0 Å². The Morgan fingerprint density at radius 3 is 2.87 bits per heavy atom. The molecule has 122 valence electrons. The van der Waals surface area contributed by atoms with Gasteiger partial charge in [-0.25, -0.2) is 4.79 Å². The number of carbonyl (C=O) groups excluding carboxylic acids is 1. The van der Waals surface area contributed by atoms with Crippen LogP contribution >= 0.6 is 0 Å². The van der Waals surface area contributed by atoms with Crippen molar-refractivity contribution in [2.45, 2.75) is 39.3 Å². The number of carbonyl (C=O) groups is 1. The summed E-state index contributed by atoms with van der Waals surface area (Å²) >= 11 is 0. The molecule has 2 heterocycles. The Morgan fingerprint density at radius 2 is 2.17 bits per heavy atom. The monoisotopic (exact) mass is 313 g/mol. The zero-order chi connectivity index (χ0) is 16.4. The maximum absolute atomic E-state index is 12.3. The van der Waals surface area contributed by atoms with Crippen LogP contribution in [-0.2, 0) is 17.7 Å². The number of rotatable bonds is 3. The summed E-state index contributed by atoms with van der Waals surface area (Å²) in [6.45, 7) is 7.10. The number of anilines is 2. The third-order valence-corrected chi connectivity index (χ3v) is 3.75. The third-order valence-electron chi connectivity index (χ3n) is 3.75. The number of nitrogens with zero attached hydrogens (tertiary/aromatic N) is 1. The predicted molar refractivity (Wildman–Crippen MR) is 91.8 cm³/mol. The molecule has 1 amide bonds. The minimum absolute atomic E-state index is 0.274. The predicted octanol–water partition coefficient (Wildman–Crippen LogP) is 3.92. The first-order valence-electron chi connectivity index (χ1n) is 7.91. The fourth-order valence-electron chi connectivity index (χ4n) is 2.69. The van der Waals surface area contributed by atoms with Crippen LogP contribution in [-0.4, -0.2) is 23.2 Å². The quantitative estimate of drug-likeness (QED) is 0.903. The standard InChI is InChI=1S/C18H23N3O2/c1-18(2,3)23-17(22)21-9-7-14-10-15(4-5-16(14)21)20-12-13-6-8-19-11-13/h4-6,8,10-11,19-20H,7,9,12H2,1-3H3. The highest BCUT2D eigenvalue weighted by Crippen LogP contribution is 2.31. The Morgan fingerprint density at radius 1 is 1.35 bits per heavy atom. The second-order valence-corrected chi connectivity index (χ2v) is 6.80. The molecule has 5 heteroatoms. The first kappa shape index (κ1) is 15.5. The van der Waals surface area contributed by atoms with Gasteiger partial charge in [-0.05, 0) is 62.6 Å². The largest absolute Gasteiger partial charge is 0.443 e. The number of hydrogen-bond donors (Lipinski definition) is 2. The minimum Gasteiger partial charge on any atom is -0.443 e. The highest BCUT2D eigenvalue weighted by atomic mass is 16.6. The fraction of sp³-hybridized carbons (Fsp3) is 0.389. The molecule has 1 aromatic heterocycles. The highest BCUT2D eigenvalue weighted by molar-refractivity contribution is 5.91. The third kappa shape index (κ3) is 3.67. The number of aromatic amines is 1. The summed E-state index contributed by atoms with van der Waals surface area (Å²) in [6.07, 6.45) is 4.47. The first-order valence-corrected chi connectivity index (χ1v) is 7.91. The molecule has 3 rings (SSSR count). The van der Waals surface area contributed by atoms with E-state index in [9.17, 15) is 4.79 Å². The molecule has 1 aliphatic heterocycles. The molecule has 0 aliphatic carbocycles. The summed E-state index contributed by atoms with van der Waals surface area (Å²) in [5.74, 6) is 0. The molecule has 1 aliphatic rings. The van der Waals surface area contributed by atoms with E-state index >= 15 is 0 Å². The number of H-pyrrole nitrogens is 1. The Hall–Kier alpha value is -2.43. The van der Waals surface area contributed by atoms with Crippen molar-refractivity contribution in [2.24, 2.45) is 0 Å². The van der Waals surface area contributed by atoms with Crippen molar-refractivity contribution in [1.82, 2.24) is 4.98 Å². The van der Waals surface area contributed by atoms with Gasteiger partial charge in [0.05, 0.1) is 5.69 Å². The number of ether oxygens (including phenoxy) is 1. The van der Waals surface area contributed by atoms with E-state index in [1.807, 2.05) is 51.4 Å². The number of hydrogen-bond acceptors (Lipinski definition) is 3. The van der Waals surface area contributed by atoms with Crippen LogP contribution in [0.2, 0.25) is 0 Å². The molecule has 2 N–H and O–H groups in total. The molecule has 0 fully saturated rings. The Kier molecular flexibility index (Phi) is 4.03. The van der Waals surface area contributed by atoms with Gasteiger partial charge in [-0.1, -0.05) is 0 Å². The number of benzene rings is 1. The first-order chi connectivity index (χ1) is 10.9. The van der Waals surface area contributed by atoms with E-state index in [2.05, 4.69) is 16.4 Å². The second kappa shape index (κ2) is 5.99. The van der Waals surface area contributed by atoms with Gasteiger partial charge >= 0.3 is 6.09 Å². The highest BCUT2D eigenvalue weighted by Gasteiger charge is 2.28. The van der Waals surface area contributed by atoms with Gasteiger partial charge in [-0.3, -0.25) is 4.90 Å². The van der Waals surface area contributed by atoms with E-state index in [0.29, 0.717) is 6.54 Å². The Labute approximate surface area is 136 Å². The van der Waals surface area contributed by atoms with Crippen LogP contribution in [0.4, 0.5) is 16.2 Å². The van der Waals surface area contributed by atoms with Crippen LogP contribution in [0.15, 0.2) is 36.7 Å². The lowest BCUT2D eigenvalue weighted by atomic mass is 10.1. The second-order valence-electron chi connectivity index (χ2n) is 6.80. The van der Waals surface area contributed by atoms with Gasteiger partial charge in [0.2, 0.25) is 0 Å². The number of aromatic nitrogens is 1. The molecular weight excluding hydrogens is 290 g/mol. The molecule has 2 aromatic rings. The summed E-state index contributed by atoms with van der Waals surface area (Å²) in [5, 5.41) is 3.40. The smallest absolute Gasteiger partial charge is 0.414 e. The van der Waals surface area contributed by atoms with Gasteiger partial charge in [0.25, 0.3) is 0 Å². The van der Waals surface area contributed by atoms with Gasteiger partial charge in [-0.2, -0.15) is 0 Å². The molecule has 0 unspecified atom stereocenters. The van der Waals surface area contributed by atoms with Crippen molar-refractivity contribution in [3.05, 3.63) is 47.8 Å². The van der Waals surface area contributed by atoms with Crippen molar-refractivity contribution in [2.75, 3.05) is 16.8 Å². The van der Waals surface area contributed by atoms with Gasteiger partial charge in [0.15, 0.2) is 0 Å². The van der Waals surface area contributed by atoms with E-state index in [0.717, 1.165) is 24.3 Å². The molecule has 0 bridgehead atoms. The zero-order valence-corrected chi connectivity index (χ0v) is 13.8. The van der Waals surface area contributed by atoms with Crippen LogP contribution < -0.4 is 10.2 Å². The molecule has 23 heavy (non-hydrogen) atoms. The SMILES string of the molecule is CC(C)(C)OC(=O)N1CCc2cc(NCc3cc[nH]c3)ccc21. The van der Waals surface area contributed by atoms with Gasteiger partial charge in [0, 0.05) is 31.2 Å². The Balaban J connectivity index is 1.68. The van der Waals surface area contributed by atoms with Crippen LogP contribution in [0.5, 0.6) is 0 Å². The lowest BCUT2D eigenvalue weighted by Crippen LogP contribution is -2.35. The molecule has 5 nitrogen and oxygen atoms in total. The average molecular weight is 313 g/mol. The van der Waals surface area contributed by atoms with Crippen LogP contribution in [0.25, 0.3) is 0 Å². The molecule has 0 radical (unpaired) electrons. The summed E-state index contributed by atoms with van der Waals surface area (Å²) in [4.78, 5) is 17.0. The number of nitrogens with one attached hydrogen (secondary N) is 2. The van der Waals surface area contributed by atoms with Crippen molar-refractivity contribution in [3.8, 4) is 0 Å². The van der Waals surface area contributed by atoms with Crippen molar-refractivity contribution in [3.63, 3.8) is 0 Å². The van der Waals surface area contributed by atoms with E-state index in [1.54, 1.807) is 4.90 Å². The lowest BCUT2D eigenvalue weighted by molar-refractivity contribution is 0.0584. The molecule has 0 saturated heterocycles. The van der Waals surface area contributed by atoms with E-state index < -0.39 is 5.60 Å². The maximum atomic E-state index is 12.3. The molecular formula is C18H23N3O2. The number of fused-ring (bicyclic) bond motifs is 1. The summed E-state index contributed by atoms with van der Waals surface area (Å²) in [5.41, 5.74) is 3.93. The normalized spacial score (nSPS) is 13.8. The van der Waals surface area contributed by atoms with Crippen molar-refractivity contribution < 1.29 is 9.53 Å². The maximum Gasteiger partial charge on any atom is 0.414 e.